The van der Waals surface area contributed by atoms with E-state index >= 15 is 0 Å². The lowest BCUT2D eigenvalue weighted by atomic mass is 10.1. The van der Waals surface area contributed by atoms with E-state index in [-0.39, 0.29) is 6.04 Å². The van der Waals surface area contributed by atoms with Crippen LogP contribution in [0, 0.1) is 0 Å². The zero-order chi connectivity index (χ0) is 11.2. The molecule has 0 saturated heterocycles. The van der Waals surface area contributed by atoms with Crippen molar-refractivity contribution < 1.29 is 0 Å². The highest BCUT2D eigenvalue weighted by atomic mass is 32.1. The van der Waals surface area contributed by atoms with Gasteiger partial charge in [-0.25, -0.2) is 4.98 Å². The second kappa shape index (κ2) is 3.34. The Morgan fingerprint density at radius 1 is 1.47 bits per heavy atom. The van der Waals surface area contributed by atoms with Crippen LogP contribution in [0.3, 0.4) is 0 Å². The number of aromatic nitrogens is 6. The molecule has 0 bridgehead atoms. The van der Waals surface area contributed by atoms with Gasteiger partial charge in [-0.1, -0.05) is 11.3 Å². The molecule has 0 aliphatic carbocycles. The minimum Gasteiger partial charge on any atom is -0.347 e. The maximum Gasteiger partial charge on any atom is 0.234 e. The maximum atomic E-state index is 4.46. The molecule has 7 nitrogen and oxygen atoms in total. The molecule has 3 aromatic heterocycles. The van der Waals surface area contributed by atoms with Gasteiger partial charge in [0.05, 0.1) is 23.8 Å². The van der Waals surface area contributed by atoms with Gasteiger partial charge in [0.25, 0.3) is 0 Å². The Hall–Kier alpha value is -1.80. The van der Waals surface area contributed by atoms with Crippen LogP contribution in [-0.4, -0.2) is 29.8 Å². The Bertz CT molecular complexity index is 637. The average Bonchev–Trinajstić information content (AvgIpc) is 3.02. The minimum absolute atomic E-state index is 0.220. The lowest BCUT2D eigenvalue weighted by molar-refractivity contribution is 0.483. The molecular weight excluding hydrogens is 238 g/mol. The number of rotatable bonds is 1. The Morgan fingerprint density at radius 2 is 2.47 bits per heavy atom. The molecule has 0 fully saturated rings. The third-order valence-corrected chi connectivity index (χ3v) is 3.96. The van der Waals surface area contributed by atoms with Crippen LogP contribution < -0.4 is 5.32 Å². The number of aromatic amines is 1. The number of hydrogen-bond acceptors (Lipinski definition) is 6. The second-order valence-electron chi connectivity index (χ2n) is 3.96. The van der Waals surface area contributed by atoms with Crippen molar-refractivity contribution in [2.75, 3.05) is 0 Å². The van der Waals surface area contributed by atoms with E-state index in [1.807, 2.05) is 0 Å². The lowest BCUT2D eigenvalue weighted by Crippen LogP contribution is -2.28. The van der Waals surface area contributed by atoms with Crippen LogP contribution in [0.25, 0.3) is 4.96 Å². The van der Waals surface area contributed by atoms with E-state index in [1.54, 1.807) is 28.5 Å². The van der Waals surface area contributed by atoms with Crippen LogP contribution in [0.4, 0.5) is 0 Å². The summed E-state index contributed by atoms with van der Waals surface area (Å²) in [5, 5.41) is 16.7. The van der Waals surface area contributed by atoms with Gasteiger partial charge in [0.2, 0.25) is 4.96 Å². The van der Waals surface area contributed by atoms with Crippen LogP contribution in [0.2, 0.25) is 0 Å². The third-order valence-electron chi connectivity index (χ3n) is 2.93. The van der Waals surface area contributed by atoms with Gasteiger partial charge in [-0.2, -0.15) is 9.61 Å². The van der Waals surface area contributed by atoms with Crippen molar-refractivity contribution in [2.45, 2.75) is 19.0 Å². The SMILES string of the molecule is c1nc2c([nH]1)CNC(c1nn3cnnc3s1)C2. The van der Waals surface area contributed by atoms with Crippen molar-refractivity contribution in [1.29, 1.82) is 0 Å². The molecule has 0 aromatic carbocycles. The molecule has 4 rings (SSSR count). The summed E-state index contributed by atoms with van der Waals surface area (Å²) in [4.78, 5) is 8.28. The fraction of sp³-hybridized carbons (Fsp3) is 0.333. The Labute approximate surface area is 99.9 Å². The van der Waals surface area contributed by atoms with E-state index < -0.39 is 0 Å². The molecule has 1 aliphatic rings. The number of hydrogen-bond donors (Lipinski definition) is 2. The van der Waals surface area contributed by atoms with E-state index in [1.165, 1.54) is 5.69 Å². The second-order valence-corrected chi connectivity index (χ2v) is 4.95. The van der Waals surface area contributed by atoms with Crippen LogP contribution in [0.1, 0.15) is 22.4 Å². The first-order chi connectivity index (χ1) is 8.40. The highest BCUT2D eigenvalue weighted by molar-refractivity contribution is 7.16. The normalized spacial score (nSPS) is 19.6. The van der Waals surface area contributed by atoms with Gasteiger partial charge in [0, 0.05) is 13.0 Å². The van der Waals surface area contributed by atoms with Gasteiger partial charge >= 0.3 is 0 Å². The van der Waals surface area contributed by atoms with Crippen LogP contribution >= 0.6 is 11.3 Å². The fourth-order valence-electron chi connectivity index (χ4n) is 2.06. The van der Waals surface area contributed by atoms with Gasteiger partial charge in [-0.05, 0) is 0 Å². The van der Waals surface area contributed by atoms with Crippen molar-refractivity contribution in [1.82, 2.24) is 35.1 Å². The molecular formula is C9H9N7S. The molecule has 0 amide bonds. The number of H-pyrrole nitrogens is 1. The Morgan fingerprint density at radius 3 is 3.41 bits per heavy atom. The summed E-state index contributed by atoms with van der Waals surface area (Å²) in [6.45, 7) is 0.806. The molecule has 0 radical (unpaired) electrons. The number of fused-ring (bicyclic) bond motifs is 2. The Balaban J connectivity index is 1.70. The standard InChI is InChI=1S/C9H9N7S/c1-5-7(12-3-11-5)2-10-6(1)8-15-16-4-13-14-9(16)17-8/h3-4,6,10H,1-2H2,(H,11,12). The van der Waals surface area contributed by atoms with Gasteiger partial charge in [0.15, 0.2) is 0 Å². The van der Waals surface area contributed by atoms with Crippen molar-refractivity contribution in [3.8, 4) is 0 Å². The van der Waals surface area contributed by atoms with Gasteiger partial charge < -0.3 is 10.3 Å². The maximum absolute atomic E-state index is 4.46. The molecule has 8 heteroatoms. The molecule has 1 atom stereocenters. The summed E-state index contributed by atoms with van der Waals surface area (Å²) in [5.74, 6) is 0. The molecule has 86 valence electrons. The topological polar surface area (TPSA) is 83.8 Å². The zero-order valence-electron chi connectivity index (χ0n) is 8.79. The molecule has 0 saturated carbocycles. The highest BCUT2D eigenvalue weighted by Gasteiger charge is 2.24. The first kappa shape index (κ1) is 9.25. The van der Waals surface area contributed by atoms with E-state index in [0.717, 1.165) is 28.6 Å². The van der Waals surface area contributed by atoms with Crippen LogP contribution in [0.15, 0.2) is 12.7 Å². The molecule has 1 aliphatic heterocycles. The molecule has 17 heavy (non-hydrogen) atoms. The predicted molar refractivity (Wildman–Crippen MR) is 60.5 cm³/mol. The van der Waals surface area contributed by atoms with E-state index in [2.05, 4.69) is 30.6 Å². The van der Waals surface area contributed by atoms with Crippen molar-refractivity contribution in [3.05, 3.63) is 29.1 Å². The van der Waals surface area contributed by atoms with Crippen LogP contribution in [0.5, 0.6) is 0 Å². The highest BCUT2D eigenvalue weighted by Crippen LogP contribution is 2.26. The van der Waals surface area contributed by atoms with Gasteiger partial charge in [-0.15, -0.1) is 10.2 Å². The fourth-order valence-corrected chi connectivity index (χ4v) is 2.95. The van der Waals surface area contributed by atoms with Crippen molar-refractivity contribution in [2.24, 2.45) is 0 Å². The monoisotopic (exact) mass is 247 g/mol. The van der Waals surface area contributed by atoms with E-state index in [4.69, 9.17) is 0 Å². The number of nitrogens with one attached hydrogen (secondary N) is 2. The molecule has 2 N–H and O–H groups in total. The summed E-state index contributed by atoms with van der Waals surface area (Å²) in [7, 11) is 0. The molecule has 0 spiro atoms. The molecule has 4 heterocycles. The third kappa shape index (κ3) is 1.38. The summed E-state index contributed by atoms with van der Waals surface area (Å²) in [6, 6.07) is 0.220. The van der Waals surface area contributed by atoms with Crippen molar-refractivity contribution >= 4 is 16.3 Å². The minimum atomic E-state index is 0.220. The lowest BCUT2D eigenvalue weighted by Gasteiger charge is -2.20. The zero-order valence-corrected chi connectivity index (χ0v) is 9.61. The Kier molecular flexibility index (Phi) is 1.82. The summed E-state index contributed by atoms with van der Waals surface area (Å²) >= 11 is 1.57. The summed E-state index contributed by atoms with van der Waals surface area (Å²) in [6.07, 6.45) is 4.23. The smallest absolute Gasteiger partial charge is 0.234 e. The molecule has 1 unspecified atom stereocenters. The first-order valence-electron chi connectivity index (χ1n) is 5.31. The first-order valence-corrected chi connectivity index (χ1v) is 6.13. The molecule has 3 aromatic rings. The van der Waals surface area contributed by atoms with Crippen molar-refractivity contribution in [3.63, 3.8) is 0 Å². The number of nitrogens with zero attached hydrogens (tertiary/aromatic N) is 5. The summed E-state index contributed by atoms with van der Waals surface area (Å²) < 4.78 is 1.71. The predicted octanol–water partition coefficient (Wildman–Crippen LogP) is 0.296. The average molecular weight is 247 g/mol. The van der Waals surface area contributed by atoms with Gasteiger partial charge in [-0.3, -0.25) is 0 Å². The largest absolute Gasteiger partial charge is 0.347 e. The van der Waals surface area contributed by atoms with E-state index in [9.17, 15) is 0 Å². The summed E-state index contributed by atoms with van der Waals surface area (Å²) in [5.41, 5.74) is 2.30. The van der Waals surface area contributed by atoms with Gasteiger partial charge in [0.1, 0.15) is 11.3 Å². The quantitative estimate of drug-likeness (QED) is 0.646. The number of imidazole rings is 1. The van der Waals surface area contributed by atoms with Crippen LogP contribution in [-0.2, 0) is 13.0 Å². The van der Waals surface area contributed by atoms with E-state index in [0.29, 0.717) is 0 Å².